The maximum Gasteiger partial charge on any atom is 0.0894 e. The molecule has 0 aliphatic heterocycles. The lowest BCUT2D eigenvalue weighted by atomic mass is 9.96. The van der Waals surface area contributed by atoms with Crippen molar-refractivity contribution in [3.8, 4) is 0 Å². The van der Waals surface area contributed by atoms with E-state index in [9.17, 15) is 0 Å². The van der Waals surface area contributed by atoms with Crippen molar-refractivity contribution < 1.29 is 0 Å². The predicted octanol–water partition coefficient (Wildman–Crippen LogP) is 5.64. The highest BCUT2D eigenvalue weighted by atomic mass is 15.0. The minimum absolute atomic E-state index is 0.581. The number of benzene rings is 1. The van der Waals surface area contributed by atoms with E-state index in [1.807, 2.05) is 18.4 Å². The molecule has 1 aromatic carbocycles. The van der Waals surface area contributed by atoms with E-state index in [4.69, 9.17) is 4.99 Å². The Bertz CT molecular complexity index is 780. The van der Waals surface area contributed by atoms with E-state index >= 15 is 0 Å². The van der Waals surface area contributed by atoms with Crippen LogP contribution in [0.5, 0.6) is 0 Å². The molecule has 0 radical (unpaired) electrons. The fraction of sp³-hybridized carbons (Fsp3) is 0.385. The molecule has 2 rings (SSSR count). The molecule has 160 valence electrons. The number of hydrogen-bond donors (Lipinski definition) is 2. The van der Waals surface area contributed by atoms with Crippen LogP contribution in [0.15, 0.2) is 83.2 Å². The first-order chi connectivity index (χ1) is 14.7. The predicted molar refractivity (Wildman–Crippen MR) is 131 cm³/mol. The molecule has 0 aromatic heterocycles. The van der Waals surface area contributed by atoms with Gasteiger partial charge < -0.3 is 5.32 Å². The van der Waals surface area contributed by atoms with Crippen LogP contribution in [0.25, 0.3) is 0 Å². The zero-order valence-corrected chi connectivity index (χ0v) is 18.3. The largest absolute Gasteiger partial charge is 0.368 e. The van der Waals surface area contributed by atoms with Crippen molar-refractivity contribution in [3.63, 3.8) is 0 Å². The molecular weight excluding hydrogens is 368 g/mol. The second kappa shape index (κ2) is 14.3. The number of nitrogens with zero attached hydrogens (tertiary/aromatic N) is 2. The normalized spacial score (nSPS) is 16.3. The standard InChI is InChI=1S/C26H36N4/c1-4-28-19-16-24(13-9-12-23-11-8-10-22(2)20-23)26(17-18-27-3)30-21-29-25-14-6-5-7-15-25/h4,8,10-11,13,16-20,25,28-29H,1,3,5-7,9,12,14-15,21H2,2H3/b18-17-,19-16-,24-13?,30-26+. The lowest BCUT2D eigenvalue weighted by molar-refractivity contribution is 0.378. The number of nitrogens with one attached hydrogen (secondary N) is 2. The summed E-state index contributed by atoms with van der Waals surface area (Å²) in [5, 5.41) is 6.61. The molecular formula is C26H36N4. The molecule has 0 saturated heterocycles. The van der Waals surface area contributed by atoms with Crippen LogP contribution < -0.4 is 10.6 Å². The lowest BCUT2D eigenvalue weighted by Crippen LogP contribution is -2.31. The maximum absolute atomic E-state index is 4.83. The molecule has 1 saturated carbocycles. The summed E-state index contributed by atoms with van der Waals surface area (Å²) in [7, 11) is 0. The molecule has 1 aliphatic carbocycles. The minimum Gasteiger partial charge on any atom is -0.368 e. The number of aliphatic imine (C=N–C) groups is 2. The zero-order valence-electron chi connectivity index (χ0n) is 18.3. The topological polar surface area (TPSA) is 48.8 Å². The van der Waals surface area contributed by atoms with E-state index < -0.39 is 0 Å². The van der Waals surface area contributed by atoms with Crippen molar-refractivity contribution in [3.05, 3.63) is 84.4 Å². The van der Waals surface area contributed by atoms with Crippen molar-refractivity contribution in [2.75, 3.05) is 6.67 Å². The molecule has 1 aliphatic rings. The third kappa shape index (κ3) is 9.19. The first kappa shape index (κ1) is 23.6. The Hall–Kier alpha value is -2.72. The monoisotopic (exact) mass is 404 g/mol. The summed E-state index contributed by atoms with van der Waals surface area (Å²) < 4.78 is 0. The zero-order chi connectivity index (χ0) is 21.4. The minimum atomic E-state index is 0.581. The van der Waals surface area contributed by atoms with E-state index in [0.29, 0.717) is 12.7 Å². The van der Waals surface area contributed by atoms with Gasteiger partial charge in [-0.15, -0.1) is 0 Å². The van der Waals surface area contributed by atoms with Crippen molar-refractivity contribution in [2.24, 2.45) is 9.98 Å². The van der Waals surface area contributed by atoms with Crippen molar-refractivity contribution in [1.29, 1.82) is 0 Å². The summed E-state index contributed by atoms with van der Waals surface area (Å²) >= 11 is 0. The van der Waals surface area contributed by atoms with Gasteiger partial charge in [-0.3, -0.25) is 15.3 Å². The van der Waals surface area contributed by atoms with Gasteiger partial charge in [0.15, 0.2) is 0 Å². The van der Waals surface area contributed by atoms with Gasteiger partial charge in [-0.1, -0.05) is 61.7 Å². The summed E-state index contributed by atoms with van der Waals surface area (Å²) in [6.45, 7) is 10.0. The van der Waals surface area contributed by atoms with Crippen LogP contribution in [0, 0.1) is 6.92 Å². The summed E-state index contributed by atoms with van der Waals surface area (Å²) in [5.74, 6) is 0. The SMILES string of the molecule is C=CN/C=C\C(=CCCc1cccc(C)c1)C(/C=C\N=C)=N/CNC1CCCCC1. The number of allylic oxidation sites excluding steroid dienone is 4. The van der Waals surface area contributed by atoms with Gasteiger partial charge in [0.25, 0.3) is 0 Å². The Balaban J connectivity index is 2.11. The van der Waals surface area contributed by atoms with Gasteiger partial charge >= 0.3 is 0 Å². The smallest absolute Gasteiger partial charge is 0.0894 e. The van der Waals surface area contributed by atoms with E-state index in [2.05, 4.69) is 66.2 Å². The molecule has 1 fully saturated rings. The van der Waals surface area contributed by atoms with Gasteiger partial charge in [-0.25, -0.2) is 0 Å². The molecule has 0 atom stereocenters. The van der Waals surface area contributed by atoms with Gasteiger partial charge in [0.05, 0.1) is 12.4 Å². The Morgan fingerprint density at radius 1 is 1.20 bits per heavy atom. The Morgan fingerprint density at radius 2 is 2.03 bits per heavy atom. The van der Waals surface area contributed by atoms with Crippen molar-refractivity contribution in [2.45, 2.75) is 57.9 Å². The van der Waals surface area contributed by atoms with Crippen LogP contribution in [0.4, 0.5) is 0 Å². The van der Waals surface area contributed by atoms with Crippen LogP contribution in [-0.2, 0) is 6.42 Å². The average Bonchev–Trinajstić information content (AvgIpc) is 2.76. The summed E-state index contributed by atoms with van der Waals surface area (Å²) in [5.41, 5.74) is 4.60. The fourth-order valence-corrected chi connectivity index (χ4v) is 3.66. The molecule has 0 bridgehead atoms. The highest BCUT2D eigenvalue weighted by Gasteiger charge is 2.12. The maximum atomic E-state index is 4.83. The first-order valence-electron chi connectivity index (χ1n) is 10.9. The fourth-order valence-electron chi connectivity index (χ4n) is 3.66. The van der Waals surface area contributed by atoms with E-state index in [-0.39, 0.29) is 0 Å². The Morgan fingerprint density at radius 3 is 2.77 bits per heavy atom. The van der Waals surface area contributed by atoms with Crippen molar-refractivity contribution in [1.82, 2.24) is 10.6 Å². The molecule has 4 nitrogen and oxygen atoms in total. The van der Waals surface area contributed by atoms with Gasteiger partial charge in [-0.2, -0.15) is 0 Å². The molecule has 0 amide bonds. The lowest BCUT2D eigenvalue weighted by Gasteiger charge is -2.22. The summed E-state index contributed by atoms with van der Waals surface area (Å²) in [6, 6.07) is 9.25. The molecule has 0 heterocycles. The van der Waals surface area contributed by atoms with Gasteiger partial charge in [0.2, 0.25) is 0 Å². The second-order valence-electron chi connectivity index (χ2n) is 7.63. The average molecular weight is 405 g/mol. The number of rotatable bonds is 12. The highest BCUT2D eigenvalue weighted by molar-refractivity contribution is 6.10. The molecule has 0 spiro atoms. The third-order valence-corrected chi connectivity index (χ3v) is 5.22. The molecule has 2 N–H and O–H groups in total. The van der Waals surface area contributed by atoms with Crippen LogP contribution in [0.1, 0.15) is 49.7 Å². The first-order valence-corrected chi connectivity index (χ1v) is 10.9. The molecule has 30 heavy (non-hydrogen) atoms. The van der Waals surface area contributed by atoms with Crippen LogP contribution >= 0.6 is 0 Å². The highest BCUT2D eigenvalue weighted by Crippen LogP contribution is 2.17. The Labute approximate surface area is 182 Å². The number of aryl methyl sites for hydroxylation is 2. The van der Waals surface area contributed by atoms with E-state index in [0.717, 1.165) is 24.1 Å². The van der Waals surface area contributed by atoms with Gasteiger partial charge in [0.1, 0.15) is 0 Å². The molecule has 0 unspecified atom stereocenters. The Kier molecular flexibility index (Phi) is 11.2. The summed E-state index contributed by atoms with van der Waals surface area (Å²) in [6.07, 6.45) is 19.8. The number of hydrogen-bond acceptors (Lipinski definition) is 4. The van der Waals surface area contributed by atoms with Gasteiger partial charge in [0, 0.05) is 18.4 Å². The van der Waals surface area contributed by atoms with E-state index in [1.165, 1.54) is 43.2 Å². The quantitative estimate of drug-likeness (QED) is 0.350. The van der Waals surface area contributed by atoms with Gasteiger partial charge in [-0.05, 0) is 68.8 Å². The third-order valence-electron chi connectivity index (χ3n) is 5.22. The van der Waals surface area contributed by atoms with Crippen molar-refractivity contribution >= 4 is 12.4 Å². The van der Waals surface area contributed by atoms with Crippen LogP contribution in [-0.4, -0.2) is 25.1 Å². The molecule has 1 aromatic rings. The van der Waals surface area contributed by atoms with Crippen LogP contribution in [0.2, 0.25) is 0 Å². The van der Waals surface area contributed by atoms with E-state index in [1.54, 1.807) is 12.4 Å². The summed E-state index contributed by atoms with van der Waals surface area (Å²) in [4.78, 5) is 8.71. The second-order valence-corrected chi connectivity index (χ2v) is 7.63. The van der Waals surface area contributed by atoms with Crippen LogP contribution in [0.3, 0.4) is 0 Å². The molecule has 4 heteroatoms.